The first kappa shape index (κ1) is 30.7. The van der Waals surface area contributed by atoms with Gasteiger partial charge >= 0.3 is 0 Å². The average Bonchev–Trinajstić information content (AvgIpc) is 3.54. The van der Waals surface area contributed by atoms with Gasteiger partial charge < -0.3 is 14.2 Å². The number of para-hydroxylation sites is 4. The summed E-state index contributed by atoms with van der Waals surface area (Å²) in [6.07, 6.45) is 0. The molecule has 51 heavy (non-hydrogen) atoms. The van der Waals surface area contributed by atoms with E-state index in [2.05, 4.69) is 195 Å². The van der Waals surface area contributed by atoms with E-state index in [-0.39, 0.29) is 0 Å². The zero-order valence-corrected chi connectivity index (χ0v) is 29.3. The van der Waals surface area contributed by atoms with E-state index in [4.69, 9.17) is 4.42 Å². The third-order valence-corrected chi connectivity index (χ3v) is 10.3. The molecule has 1 heterocycles. The Morgan fingerprint density at radius 2 is 0.686 bits per heavy atom. The van der Waals surface area contributed by atoms with Crippen molar-refractivity contribution in [2.24, 2.45) is 0 Å². The molecule has 0 saturated heterocycles. The number of aryl methyl sites for hydroxylation is 4. The lowest BCUT2D eigenvalue weighted by Crippen LogP contribution is -2.12. The van der Waals surface area contributed by atoms with Crippen LogP contribution in [-0.4, -0.2) is 0 Å². The number of benzene rings is 8. The highest BCUT2D eigenvalue weighted by Gasteiger charge is 2.20. The highest BCUT2D eigenvalue weighted by Crippen LogP contribution is 2.45. The van der Waals surface area contributed by atoms with E-state index in [0.29, 0.717) is 0 Å². The predicted molar refractivity (Wildman–Crippen MR) is 217 cm³/mol. The lowest BCUT2D eigenvalue weighted by atomic mass is 9.98. The van der Waals surface area contributed by atoms with Crippen LogP contribution in [0.2, 0.25) is 0 Å². The molecular formula is C48H38N2O. The van der Waals surface area contributed by atoms with Crippen molar-refractivity contribution >= 4 is 77.6 Å². The van der Waals surface area contributed by atoms with Gasteiger partial charge in [0.05, 0.1) is 0 Å². The molecule has 0 aliphatic rings. The zero-order chi connectivity index (χ0) is 34.6. The molecule has 0 spiro atoms. The van der Waals surface area contributed by atoms with E-state index < -0.39 is 0 Å². The largest absolute Gasteiger partial charge is 0.456 e. The van der Waals surface area contributed by atoms with Crippen molar-refractivity contribution in [3.8, 4) is 0 Å². The third kappa shape index (κ3) is 5.13. The summed E-state index contributed by atoms with van der Waals surface area (Å²) in [4.78, 5) is 4.76. The van der Waals surface area contributed by atoms with Gasteiger partial charge in [0.25, 0.3) is 0 Å². The molecule has 0 bridgehead atoms. The number of fused-ring (bicyclic) bond motifs is 7. The molecular weight excluding hydrogens is 621 g/mol. The van der Waals surface area contributed by atoms with Gasteiger partial charge in [-0.05, 0) is 132 Å². The smallest absolute Gasteiger partial charge is 0.136 e. The van der Waals surface area contributed by atoms with Crippen molar-refractivity contribution in [1.82, 2.24) is 0 Å². The summed E-state index contributed by atoms with van der Waals surface area (Å²) in [6, 6.07) is 56.8. The SMILES string of the molecule is Cc1ccccc1N(c1ccc2c(ccc3oc4ccc5cc(N(c6ccccc6C)c6ccccc6C)ccc5c4c32)c1)c1ccccc1C. The standard InChI is InChI=1S/C48H38N2O/c1-31-13-5-9-17-41(31)49(42-18-10-6-14-32(42)2)37-23-25-39-35(29-37)21-27-45-47(39)48-40-26-24-38(30-36(40)22-28-46(48)51-45)50(43-19-11-7-15-33(43)3)44-20-12-8-16-34(44)4/h5-30H,1-4H3. The average molecular weight is 659 g/mol. The van der Waals surface area contributed by atoms with E-state index in [1.54, 1.807) is 0 Å². The van der Waals surface area contributed by atoms with Crippen LogP contribution in [0, 0.1) is 27.7 Å². The number of nitrogens with zero attached hydrogens (tertiary/aromatic N) is 2. The minimum atomic E-state index is 0.901. The Bertz CT molecular complexity index is 2490. The van der Waals surface area contributed by atoms with Gasteiger partial charge in [0.1, 0.15) is 11.2 Å². The fourth-order valence-corrected chi connectivity index (χ4v) is 7.75. The van der Waals surface area contributed by atoms with Gasteiger partial charge in [0.2, 0.25) is 0 Å². The van der Waals surface area contributed by atoms with E-state index in [1.165, 1.54) is 66.5 Å². The van der Waals surface area contributed by atoms with Gasteiger partial charge in [0.15, 0.2) is 0 Å². The fourth-order valence-electron chi connectivity index (χ4n) is 7.75. The first-order valence-corrected chi connectivity index (χ1v) is 17.6. The molecule has 0 fully saturated rings. The van der Waals surface area contributed by atoms with E-state index in [1.807, 2.05) is 0 Å². The van der Waals surface area contributed by atoms with E-state index in [9.17, 15) is 0 Å². The zero-order valence-electron chi connectivity index (χ0n) is 29.3. The van der Waals surface area contributed by atoms with Crippen molar-refractivity contribution < 1.29 is 4.42 Å². The van der Waals surface area contributed by atoms with Crippen molar-refractivity contribution in [1.29, 1.82) is 0 Å². The molecule has 0 saturated carbocycles. The Kier molecular flexibility index (Phi) is 7.36. The summed E-state index contributed by atoms with van der Waals surface area (Å²) in [5.41, 5.74) is 13.7. The fraction of sp³-hybridized carbons (Fsp3) is 0.0833. The molecule has 0 amide bonds. The van der Waals surface area contributed by atoms with Crippen LogP contribution in [0.5, 0.6) is 0 Å². The van der Waals surface area contributed by atoms with Crippen LogP contribution < -0.4 is 9.80 Å². The quantitative estimate of drug-likeness (QED) is 0.177. The van der Waals surface area contributed by atoms with Crippen LogP contribution in [-0.2, 0) is 0 Å². The van der Waals surface area contributed by atoms with Crippen LogP contribution >= 0.6 is 0 Å². The molecule has 0 atom stereocenters. The monoisotopic (exact) mass is 658 g/mol. The Labute approximate surface area is 298 Å². The van der Waals surface area contributed by atoms with Gasteiger partial charge in [-0.1, -0.05) is 97.1 Å². The summed E-state index contributed by atoms with van der Waals surface area (Å²) < 4.78 is 6.54. The number of hydrogen-bond donors (Lipinski definition) is 0. The highest BCUT2D eigenvalue weighted by molar-refractivity contribution is 6.26. The molecule has 3 nitrogen and oxygen atoms in total. The predicted octanol–water partition coefficient (Wildman–Crippen LogP) is 14.1. The van der Waals surface area contributed by atoms with E-state index in [0.717, 1.165) is 33.3 Å². The lowest BCUT2D eigenvalue weighted by molar-refractivity contribution is 0.669. The minimum Gasteiger partial charge on any atom is -0.456 e. The summed E-state index contributed by atoms with van der Waals surface area (Å²) >= 11 is 0. The molecule has 0 aliphatic carbocycles. The van der Waals surface area contributed by atoms with Crippen LogP contribution in [0.3, 0.4) is 0 Å². The topological polar surface area (TPSA) is 19.6 Å². The third-order valence-electron chi connectivity index (χ3n) is 10.3. The molecule has 0 unspecified atom stereocenters. The van der Waals surface area contributed by atoms with Crippen LogP contribution in [0.4, 0.5) is 34.1 Å². The van der Waals surface area contributed by atoms with E-state index >= 15 is 0 Å². The molecule has 9 aromatic rings. The maximum absolute atomic E-state index is 6.54. The van der Waals surface area contributed by atoms with Gasteiger partial charge in [-0.15, -0.1) is 0 Å². The molecule has 3 heteroatoms. The second kappa shape index (κ2) is 12.2. The second-order valence-electron chi connectivity index (χ2n) is 13.6. The number of furan rings is 1. The summed E-state index contributed by atoms with van der Waals surface area (Å²) in [7, 11) is 0. The normalized spacial score (nSPS) is 11.5. The van der Waals surface area contributed by atoms with Crippen molar-refractivity contribution in [2.75, 3.05) is 9.80 Å². The first-order valence-electron chi connectivity index (χ1n) is 17.6. The molecule has 0 N–H and O–H groups in total. The Hall–Kier alpha value is -6.32. The molecule has 9 rings (SSSR count). The first-order chi connectivity index (χ1) is 25.0. The molecule has 8 aromatic carbocycles. The number of rotatable bonds is 6. The van der Waals surface area contributed by atoms with Crippen molar-refractivity contribution in [2.45, 2.75) is 27.7 Å². The molecule has 0 radical (unpaired) electrons. The Balaban J connectivity index is 1.23. The van der Waals surface area contributed by atoms with Crippen molar-refractivity contribution in [3.63, 3.8) is 0 Å². The van der Waals surface area contributed by atoms with Gasteiger partial charge in [-0.2, -0.15) is 0 Å². The maximum Gasteiger partial charge on any atom is 0.136 e. The van der Waals surface area contributed by atoms with Crippen molar-refractivity contribution in [3.05, 3.63) is 180 Å². The minimum absolute atomic E-state index is 0.901. The van der Waals surface area contributed by atoms with Crippen LogP contribution in [0.15, 0.2) is 162 Å². The molecule has 1 aromatic heterocycles. The Morgan fingerprint density at radius 1 is 0.353 bits per heavy atom. The summed E-state index contributed by atoms with van der Waals surface area (Å²) in [6.45, 7) is 8.72. The summed E-state index contributed by atoms with van der Waals surface area (Å²) in [5.74, 6) is 0. The lowest BCUT2D eigenvalue weighted by Gasteiger charge is -2.28. The Morgan fingerprint density at radius 3 is 1.02 bits per heavy atom. The van der Waals surface area contributed by atoms with Gasteiger partial charge in [0, 0.05) is 44.9 Å². The van der Waals surface area contributed by atoms with Gasteiger partial charge in [-0.25, -0.2) is 0 Å². The molecule has 246 valence electrons. The highest BCUT2D eigenvalue weighted by atomic mass is 16.3. The summed E-state index contributed by atoms with van der Waals surface area (Å²) in [5, 5.41) is 7.02. The number of hydrogen-bond acceptors (Lipinski definition) is 3. The molecule has 0 aliphatic heterocycles. The van der Waals surface area contributed by atoms with Crippen LogP contribution in [0.25, 0.3) is 43.5 Å². The second-order valence-corrected chi connectivity index (χ2v) is 13.6. The van der Waals surface area contributed by atoms with Gasteiger partial charge in [-0.3, -0.25) is 0 Å². The van der Waals surface area contributed by atoms with Crippen LogP contribution in [0.1, 0.15) is 22.3 Å². The number of anilines is 6. The maximum atomic E-state index is 6.54.